The fourth-order valence-corrected chi connectivity index (χ4v) is 2.48. The third-order valence-corrected chi connectivity index (χ3v) is 3.50. The van der Waals surface area contributed by atoms with Crippen LogP contribution in [0.1, 0.15) is 5.69 Å². The second kappa shape index (κ2) is 4.01. The van der Waals surface area contributed by atoms with E-state index in [-0.39, 0.29) is 4.34 Å². The summed E-state index contributed by atoms with van der Waals surface area (Å²) in [5.74, 6) is 0. The molecule has 10 heteroatoms. The minimum Gasteiger partial charge on any atom is -0.225 e. The largest absolute Gasteiger partial charge is 0.434 e. The molecule has 0 amide bonds. The van der Waals surface area contributed by atoms with Crippen molar-refractivity contribution >= 4 is 23.1 Å². The normalized spacial score (nSPS) is 12.0. The summed E-state index contributed by atoms with van der Waals surface area (Å²) in [5, 5.41) is 11.9. The molecule has 2 heterocycles. The van der Waals surface area contributed by atoms with E-state index in [0.29, 0.717) is 5.16 Å². The van der Waals surface area contributed by atoms with Gasteiger partial charge in [-0.1, -0.05) is 0 Å². The molecule has 2 rings (SSSR count). The van der Waals surface area contributed by atoms with E-state index in [9.17, 15) is 13.2 Å². The lowest BCUT2D eigenvalue weighted by Gasteiger charge is -1.99. The third kappa shape index (κ3) is 2.32. The minimum absolute atomic E-state index is 0.255. The number of hydrogen-bond acceptors (Lipinski definition) is 6. The Bertz CT molecular complexity index is 490. The standard InChI is InChI=1S/C6H4F3N5S2/c1-14-4(11-12-13-14)16-5-10-3(2-15-5)6(7,8)9/h2H,1H3. The zero-order valence-corrected chi connectivity index (χ0v) is 9.40. The number of aromatic nitrogens is 5. The van der Waals surface area contributed by atoms with Gasteiger partial charge in [0, 0.05) is 12.4 Å². The van der Waals surface area contributed by atoms with Gasteiger partial charge >= 0.3 is 6.18 Å². The molecule has 0 aliphatic heterocycles. The Hall–Kier alpha value is -1.16. The van der Waals surface area contributed by atoms with Crippen molar-refractivity contribution < 1.29 is 13.2 Å². The van der Waals surface area contributed by atoms with Crippen molar-refractivity contribution in [1.29, 1.82) is 0 Å². The highest BCUT2D eigenvalue weighted by atomic mass is 32.2. The van der Waals surface area contributed by atoms with E-state index in [4.69, 9.17) is 0 Å². The van der Waals surface area contributed by atoms with E-state index in [0.717, 1.165) is 28.5 Å². The molecule has 0 aliphatic rings. The third-order valence-electron chi connectivity index (χ3n) is 1.53. The van der Waals surface area contributed by atoms with Crippen molar-refractivity contribution in [2.75, 3.05) is 0 Å². The van der Waals surface area contributed by atoms with Crippen molar-refractivity contribution in [2.24, 2.45) is 7.05 Å². The Morgan fingerprint density at radius 3 is 2.69 bits per heavy atom. The highest BCUT2D eigenvalue weighted by Crippen LogP contribution is 2.34. The molecule has 16 heavy (non-hydrogen) atoms. The number of thiazole rings is 1. The summed E-state index contributed by atoms with van der Waals surface area (Å²) in [5.41, 5.74) is -0.893. The van der Waals surface area contributed by atoms with E-state index in [2.05, 4.69) is 20.5 Å². The molecule has 0 unspecified atom stereocenters. The van der Waals surface area contributed by atoms with Gasteiger partial charge in [0.15, 0.2) is 10.0 Å². The summed E-state index contributed by atoms with van der Waals surface area (Å²) in [7, 11) is 1.60. The topological polar surface area (TPSA) is 56.5 Å². The summed E-state index contributed by atoms with van der Waals surface area (Å²) >= 11 is 1.90. The number of rotatable bonds is 2. The second-order valence-corrected chi connectivity index (χ2v) is 4.76. The molecule has 86 valence electrons. The molecule has 0 atom stereocenters. The molecule has 0 aliphatic carbocycles. The average Bonchev–Trinajstić information content (AvgIpc) is 2.76. The zero-order valence-electron chi connectivity index (χ0n) is 7.76. The van der Waals surface area contributed by atoms with Crippen LogP contribution < -0.4 is 0 Å². The fraction of sp³-hybridized carbons (Fsp3) is 0.333. The smallest absolute Gasteiger partial charge is 0.225 e. The lowest BCUT2D eigenvalue weighted by molar-refractivity contribution is -0.141. The van der Waals surface area contributed by atoms with Gasteiger partial charge in [-0.3, -0.25) is 0 Å². The SMILES string of the molecule is Cn1nnnc1Sc1nc(C(F)(F)F)cs1. The molecule has 0 fully saturated rings. The maximum absolute atomic E-state index is 12.2. The van der Waals surface area contributed by atoms with Crippen molar-refractivity contribution in [3.63, 3.8) is 0 Å². The highest BCUT2D eigenvalue weighted by Gasteiger charge is 2.33. The monoisotopic (exact) mass is 267 g/mol. The minimum atomic E-state index is -4.41. The molecule has 0 radical (unpaired) electrons. The molecule has 0 saturated heterocycles. The Morgan fingerprint density at radius 2 is 2.19 bits per heavy atom. The maximum Gasteiger partial charge on any atom is 0.434 e. The lowest BCUT2D eigenvalue weighted by atomic mass is 10.5. The summed E-state index contributed by atoms with van der Waals surface area (Å²) in [6.45, 7) is 0. The molecule has 0 N–H and O–H groups in total. The molecule has 2 aromatic rings. The summed E-state index contributed by atoms with van der Waals surface area (Å²) in [6, 6.07) is 0. The van der Waals surface area contributed by atoms with Crippen LogP contribution in [0, 0.1) is 0 Å². The fourth-order valence-electron chi connectivity index (χ4n) is 0.820. The maximum atomic E-state index is 12.2. The van der Waals surface area contributed by atoms with Crippen molar-refractivity contribution in [2.45, 2.75) is 15.7 Å². The van der Waals surface area contributed by atoms with Crippen molar-refractivity contribution in [3.8, 4) is 0 Å². The van der Waals surface area contributed by atoms with Gasteiger partial charge in [0.2, 0.25) is 5.16 Å². The van der Waals surface area contributed by atoms with Gasteiger partial charge in [-0.15, -0.1) is 16.4 Å². The molecule has 5 nitrogen and oxygen atoms in total. The molecule has 0 saturated carbocycles. The Kier molecular flexibility index (Phi) is 2.84. The predicted octanol–water partition coefficient (Wildman–Crippen LogP) is 1.84. The van der Waals surface area contributed by atoms with Crippen LogP contribution in [-0.4, -0.2) is 25.2 Å². The molecule has 0 bridgehead atoms. The van der Waals surface area contributed by atoms with Crippen LogP contribution in [0.25, 0.3) is 0 Å². The second-order valence-electron chi connectivity index (χ2n) is 2.68. The summed E-state index contributed by atoms with van der Waals surface area (Å²) < 4.78 is 38.4. The number of tetrazole rings is 1. The average molecular weight is 267 g/mol. The molecule has 0 spiro atoms. The van der Waals surface area contributed by atoms with Crippen LogP contribution in [-0.2, 0) is 13.2 Å². The number of halogens is 3. The first-order chi connectivity index (χ1) is 7.47. The Morgan fingerprint density at radius 1 is 1.44 bits per heavy atom. The van der Waals surface area contributed by atoms with Crippen LogP contribution in [0.15, 0.2) is 14.9 Å². The van der Waals surface area contributed by atoms with Gasteiger partial charge in [-0.05, 0) is 22.2 Å². The highest BCUT2D eigenvalue weighted by molar-refractivity contribution is 8.00. The molecular formula is C6H4F3N5S2. The lowest BCUT2D eigenvalue weighted by Crippen LogP contribution is -2.04. The van der Waals surface area contributed by atoms with Crippen LogP contribution in [0.5, 0.6) is 0 Å². The van der Waals surface area contributed by atoms with E-state index >= 15 is 0 Å². The molecule has 2 aromatic heterocycles. The summed E-state index contributed by atoms with van der Waals surface area (Å²) in [4.78, 5) is 3.45. The quantitative estimate of drug-likeness (QED) is 0.831. The molecular weight excluding hydrogens is 263 g/mol. The van der Waals surface area contributed by atoms with Gasteiger partial charge in [0.1, 0.15) is 0 Å². The van der Waals surface area contributed by atoms with E-state index in [1.807, 2.05) is 0 Å². The number of hydrogen-bond donors (Lipinski definition) is 0. The van der Waals surface area contributed by atoms with E-state index < -0.39 is 11.9 Å². The van der Waals surface area contributed by atoms with Gasteiger partial charge in [-0.25, -0.2) is 9.67 Å². The van der Waals surface area contributed by atoms with Gasteiger partial charge in [0.05, 0.1) is 0 Å². The van der Waals surface area contributed by atoms with Crippen LogP contribution in [0.4, 0.5) is 13.2 Å². The van der Waals surface area contributed by atoms with Crippen LogP contribution in [0.3, 0.4) is 0 Å². The molecule has 0 aromatic carbocycles. The Balaban J connectivity index is 2.18. The first kappa shape index (κ1) is 11.3. The number of nitrogens with zero attached hydrogens (tertiary/aromatic N) is 5. The summed E-state index contributed by atoms with van der Waals surface area (Å²) in [6.07, 6.45) is -4.41. The van der Waals surface area contributed by atoms with E-state index in [1.54, 1.807) is 7.05 Å². The van der Waals surface area contributed by atoms with Crippen LogP contribution in [0.2, 0.25) is 0 Å². The number of aryl methyl sites for hydroxylation is 1. The van der Waals surface area contributed by atoms with Crippen molar-refractivity contribution in [1.82, 2.24) is 25.2 Å². The Labute approximate surface area is 95.7 Å². The first-order valence-electron chi connectivity index (χ1n) is 3.90. The first-order valence-corrected chi connectivity index (χ1v) is 5.59. The van der Waals surface area contributed by atoms with E-state index in [1.165, 1.54) is 4.68 Å². The van der Waals surface area contributed by atoms with Gasteiger partial charge in [-0.2, -0.15) is 13.2 Å². The zero-order chi connectivity index (χ0) is 11.8. The van der Waals surface area contributed by atoms with Gasteiger partial charge < -0.3 is 0 Å². The van der Waals surface area contributed by atoms with Crippen LogP contribution >= 0.6 is 23.1 Å². The van der Waals surface area contributed by atoms with Gasteiger partial charge in [0.25, 0.3) is 0 Å². The predicted molar refractivity (Wildman–Crippen MR) is 50.0 cm³/mol. The number of alkyl halides is 3. The van der Waals surface area contributed by atoms with Crippen molar-refractivity contribution in [3.05, 3.63) is 11.1 Å².